The van der Waals surface area contributed by atoms with E-state index in [1.54, 1.807) is 0 Å². The highest BCUT2D eigenvalue weighted by Crippen LogP contribution is 2.30. The Labute approximate surface area is 124 Å². The molecule has 0 bridgehead atoms. The molecule has 1 N–H and O–H groups in total. The van der Waals surface area contributed by atoms with E-state index in [-0.39, 0.29) is 11.1 Å². The van der Waals surface area contributed by atoms with Crippen molar-refractivity contribution in [2.45, 2.75) is 26.9 Å². The van der Waals surface area contributed by atoms with Gasteiger partial charge < -0.3 is 0 Å². The van der Waals surface area contributed by atoms with Gasteiger partial charge in [0.05, 0.1) is 5.56 Å². The molecule has 1 aromatic heterocycles. The second kappa shape index (κ2) is 7.16. The highest BCUT2D eigenvalue weighted by molar-refractivity contribution is 7.09. The second-order valence-electron chi connectivity index (χ2n) is 3.73. The molecule has 0 aliphatic heterocycles. The maximum atomic E-state index is 12.5. The summed E-state index contributed by atoms with van der Waals surface area (Å²) in [6, 6.07) is 2.96. The SMILES string of the molecule is CC.Cc1cc(C(F)(F)F)ccc1C(=O)Nc1ncns1. The van der Waals surface area contributed by atoms with E-state index in [4.69, 9.17) is 0 Å². The number of hydrogen-bond donors (Lipinski definition) is 1. The zero-order chi connectivity index (χ0) is 16.0. The number of hydrogen-bond acceptors (Lipinski definition) is 4. The van der Waals surface area contributed by atoms with Crippen molar-refractivity contribution in [3.8, 4) is 0 Å². The van der Waals surface area contributed by atoms with Crippen molar-refractivity contribution in [2.24, 2.45) is 0 Å². The molecule has 21 heavy (non-hydrogen) atoms. The molecule has 0 saturated carbocycles. The van der Waals surface area contributed by atoms with E-state index < -0.39 is 17.6 Å². The van der Waals surface area contributed by atoms with E-state index in [2.05, 4.69) is 14.7 Å². The molecule has 8 heteroatoms. The fraction of sp³-hybridized carbons (Fsp3) is 0.308. The molecule has 0 fully saturated rings. The summed E-state index contributed by atoms with van der Waals surface area (Å²) in [5, 5.41) is 2.76. The molecular weight excluding hydrogens is 303 g/mol. The van der Waals surface area contributed by atoms with Crippen LogP contribution >= 0.6 is 11.5 Å². The minimum absolute atomic E-state index is 0.170. The minimum Gasteiger partial charge on any atom is -0.297 e. The van der Waals surface area contributed by atoms with Gasteiger partial charge in [0.25, 0.3) is 5.91 Å². The molecule has 0 radical (unpaired) electrons. The molecule has 0 aliphatic carbocycles. The van der Waals surface area contributed by atoms with Gasteiger partial charge in [0, 0.05) is 17.1 Å². The van der Waals surface area contributed by atoms with Crippen LogP contribution < -0.4 is 5.32 Å². The fourth-order valence-electron chi connectivity index (χ4n) is 1.49. The average Bonchev–Trinajstić information content (AvgIpc) is 2.92. The largest absolute Gasteiger partial charge is 0.416 e. The van der Waals surface area contributed by atoms with Crippen LogP contribution in [-0.2, 0) is 6.18 Å². The molecule has 1 amide bonds. The maximum absolute atomic E-state index is 12.5. The molecule has 0 saturated heterocycles. The number of aryl methyl sites for hydroxylation is 1. The Morgan fingerprint density at radius 2 is 1.95 bits per heavy atom. The van der Waals surface area contributed by atoms with Gasteiger partial charge in [-0.1, -0.05) is 13.8 Å². The second-order valence-corrected chi connectivity index (χ2v) is 4.51. The van der Waals surface area contributed by atoms with Crippen molar-refractivity contribution >= 4 is 22.6 Å². The molecule has 0 aliphatic rings. The third-order valence-corrected chi connectivity index (χ3v) is 2.96. The van der Waals surface area contributed by atoms with Crippen LogP contribution in [0.15, 0.2) is 24.5 Å². The Morgan fingerprint density at radius 3 is 2.43 bits per heavy atom. The van der Waals surface area contributed by atoms with Crippen LogP contribution in [0.1, 0.15) is 35.3 Å². The smallest absolute Gasteiger partial charge is 0.297 e. The highest BCUT2D eigenvalue weighted by atomic mass is 32.1. The monoisotopic (exact) mass is 317 g/mol. The zero-order valence-corrected chi connectivity index (χ0v) is 12.5. The molecule has 0 unspecified atom stereocenters. The number of halogens is 3. The quantitative estimate of drug-likeness (QED) is 0.905. The summed E-state index contributed by atoms with van der Waals surface area (Å²) in [6.07, 6.45) is -3.14. The summed E-state index contributed by atoms with van der Waals surface area (Å²) in [5.41, 5.74) is -0.363. The van der Waals surface area contributed by atoms with Gasteiger partial charge in [0.15, 0.2) is 0 Å². The Kier molecular flexibility index (Phi) is 5.83. The number of carbonyl (C=O) groups excluding carboxylic acids is 1. The minimum atomic E-state index is -4.42. The lowest BCUT2D eigenvalue weighted by atomic mass is 10.0. The normalized spacial score (nSPS) is 10.6. The van der Waals surface area contributed by atoms with Crippen molar-refractivity contribution < 1.29 is 18.0 Å². The Balaban J connectivity index is 0.00000106. The number of amides is 1. The van der Waals surface area contributed by atoms with E-state index in [0.29, 0.717) is 5.13 Å². The van der Waals surface area contributed by atoms with Gasteiger partial charge in [-0.25, -0.2) is 4.98 Å². The standard InChI is InChI=1S/C11H8F3N3OS.C2H6/c1-6-4-7(11(12,13)14)2-3-8(6)9(18)17-10-15-5-16-19-10;1-2/h2-5H,1H3,(H,15,16,17,18);1-2H3. The first-order valence-electron chi connectivity index (χ1n) is 6.14. The average molecular weight is 317 g/mol. The number of anilines is 1. The van der Waals surface area contributed by atoms with E-state index in [9.17, 15) is 18.0 Å². The first-order valence-corrected chi connectivity index (χ1v) is 6.91. The van der Waals surface area contributed by atoms with Crippen LogP contribution in [0.3, 0.4) is 0 Å². The summed E-state index contributed by atoms with van der Waals surface area (Å²) in [6.45, 7) is 5.45. The van der Waals surface area contributed by atoms with Crippen molar-refractivity contribution in [3.63, 3.8) is 0 Å². The molecule has 1 heterocycles. The molecular formula is C13H14F3N3OS. The predicted octanol–water partition coefficient (Wildman–Crippen LogP) is 4.14. The maximum Gasteiger partial charge on any atom is 0.416 e. The van der Waals surface area contributed by atoms with Crippen molar-refractivity contribution in [3.05, 3.63) is 41.2 Å². The molecule has 0 spiro atoms. The van der Waals surface area contributed by atoms with E-state index in [1.807, 2.05) is 13.8 Å². The summed E-state index contributed by atoms with van der Waals surface area (Å²) in [4.78, 5) is 15.6. The highest BCUT2D eigenvalue weighted by Gasteiger charge is 2.31. The number of nitrogens with zero attached hydrogens (tertiary/aromatic N) is 2. The number of nitrogens with one attached hydrogen (secondary N) is 1. The molecule has 0 atom stereocenters. The van der Waals surface area contributed by atoms with Crippen LogP contribution in [-0.4, -0.2) is 15.3 Å². The van der Waals surface area contributed by atoms with E-state index in [0.717, 1.165) is 29.7 Å². The summed E-state index contributed by atoms with van der Waals surface area (Å²) in [5.74, 6) is -0.511. The number of alkyl halides is 3. The topological polar surface area (TPSA) is 54.9 Å². The molecule has 1 aromatic carbocycles. The van der Waals surface area contributed by atoms with Gasteiger partial charge in [0.1, 0.15) is 6.33 Å². The first-order chi connectivity index (χ1) is 9.88. The fourth-order valence-corrected chi connectivity index (χ4v) is 1.91. The summed E-state index contributed by atoms with van der Waals surface area (Å²) in [7, 11) is 0. The van der Waals surface area contributed by atoms with Crippen LogP contribution in [0, 0.1) is 6.92 Å². The number of carbonyl (C=O) groups is 1. The molecule has 114 valence electrons. The Morgan fingerprint density at radius 1 is 1.29 bits per heavy atom. The summed E-state index contributed by atoms with van der Waals surface area (Å²) < 4.78 is 41.2. The Bertz CT molecular complexity index is 597. The lowest BCUT2D eigenvalue weighted by Crippen LogP contribution is -2.14. The van der Waals surface area contributed by atoms with Gasteiger partial charge in [-0.3, -0.25) is 10.1 Å². The van der Waals surface area contributed by atoms with Gasteiger partial charge in [0.2, 0.25) is 5.13 Å². The molecule has 4 nitrogen and oxygen atoms in total. The van der Waals surface area contributed by atoms with E-state index in [1.165, 1.54) is 13.3 Å². The van der Waals surface area contributed by atoms with Crippen molar-refractivity contribution in [2.75, 3.05) is 5.32 Å². The molecule has 2 aromatic rings. The molecule has 2 rings (SSSR count). The van der Waals surface area contributed by atoms with Crippen LogP contribution in [0.4, 0.5) is 18.3 Å². The lowest BCUT2D eigenvalue weighted by Gasteiger charge is -2.10. The number of aromatic nitrogens is 2. The van der Waals surface area contributed by atoms with Crippen molar-refractivity contribution in [1.29, 1.82) is 0 Å². The third-order valence-electron chi connectivity index (χ3n) is 2.38. The van der Waals surface area contributed by atoms with Gasteiger partial charge >= 0.3 is 6.18 Å². The predicted molar refractivity (Wildman–Crippen MR) is 75.4 cm³/mol. The van der Waals surface area contributed by atoms with Gasteiger partial charge in [-0.05, 0) is 30.7 Å². The number of benzene rings is 1. The summed E-state index contributed by atoms with van der Waals surface area (Å²) >= 11 is 0.986. The van der Waals surface area contributed by atoms with Gasteiger partial charge in [-0.2, -0.15) is 17.5 Å². The van der Waals surface area contributed by atoms with Crippen LogP contribution in [0.25, 0.3) is 0 Å². The lowest BCUT2D eigenvalue weighted by molar-refractivity contribution is -0.137. The number of rotatable bonds is 2. The van der Waals surface area contributed by atoms with Crippen LogP contribution in [0.2, 0.25) is 0 Å². The zero-order valence-electron chi connectivity index (χ0n) is 11.7. The van der Waals surface area contributed by atoms with Gasteiger partial charge in [-0.15, -0.1) is 0 Å². The van der Waals surface area contributed by atoms with Crippen LogP contribution in [0.5, 0.6) is 0 Å². The van der Waals surface area contributed by atoms with E-state index >= 15 is 0 Å². The first kappa shape index (κ1) is 17.1. The third kappa shape index (κ3) is 4.52. The Hall–Kier alpha value is -1.96. The van der Waals surface area contributed by atoms with Crippen molar-refractivity contribution in [1.82, 2.24) is 9.36 Å².